The van der Waals surface area contributed by atoms with Gasteiger partial charge in [-0.2, -0.15) is 0 Å². The van der Waals surface area contributed by atoms with Crippen LogP contribution in [-0.2, 0) is 6.42 Å². The smallest absolute Gasteiger partial charge is 0.201 e. The normalized spacial score (nSPS) is 14.2. The van der Waals surface area contributed by atoms with E-state index in [1.54, 1.807) is 6.92 Å². The minimum absolute atomic E-state index is 0.139. The summed E-state index contributed by atoms with van der Waals surface area (Å²) in [4.78, 5) is 4.39. The molecule has 0 aliphatic carbocycles. The van der Waals surface area contributed by atoms with Gasteiger partial charge in [0.1, 0.15) is 0 Å². The van der Waals surface area contributed by atoms with Gasteiger partial charge in [-0.15, -0.1) is 0 Å². The maximum absolute atomic E-state index is 10.2. The molecule has 0 aliphatic rings. The van der Waals surface area contributed by atoms with Crippen molar-refractivity contribution in [1.82, 2.24) is 9.55 Å². The van der Waals surface area contributed by atoms with E-state index >= 15 is 0 Å². The molecule has 21 heavy (non-hydrogen) atoms. The molecule has 2 atom stereocenters. The summed E-state index contributed by atoms with van der Waals surface area (Å²) in [6.07, 6.45) is 0.188. The van der Waals surface area contributed by atoms with Crippen molar-refractivity contribution in [2.24, 2.45) is 0 Å². The first kappa shape index (κ1) is 13.6. The van der Waals surface area contributed by atoms with Crippen molar-refractivity contribution in [1.29, 1.82) is 0 Å². The number of anilines is 1. The summed E-state index contributed by atoms with van der Waals surface area (Å²) >= 11 is 0. The molecule has 108 valence electrons. The Kier molecular flexibility index (Phi) is 3.62. The number of fused-ring (bicyclic) bond motifs is 1. The molecule has 3 aromatic rings. The molecule has 1 heterocycles. The highest BCUT2D eigenvalue weighted by molar-refractivity contribution is 5.78. The number of nitrogens with zero attached hydrogens (tertiary/aromatic N) is 2. The lowest BCUT2D eigenvalue weighted by Crippen LogP contribution is -2.25. The second kappa shape index (κ2) is 5.58. The molecule has 0 unspecified atom stereocenters. The number of nitrogens with two attached hydrogens (primary N) is 1. The summed E-state index contributed by atoms with van der Waals surface area (Å²) in [6, 6.07) is 17.8. The summed E-state index contributed by atoms with van der Waals surface area (Å²) in [6.45, 7) is 1.79. The Balaban J connectivity index is 2.06. The molecule has 0 bridgehead atoms. The number of nitrogen functional groups attached to an aromatic ring is 1. The zero-order valence-corrected chi connectivity index (χ0v) is 12.0. The molecule has 0 fully saturated rings. The maximum Gasteiger partial charge on any atom is 0.201 e. The molecule has 0 saturated heterocycles. The molecule has 0 spiro atoms. The van der Waals surface area contributed by atoms with Crippen LogP contribution in [0.2, 0.25) is 0 Å². The number of aromatic nitrogens is 2. The van der Waals surface area contributed by atoms with Crippen LogP contribution in [0.5, 0.6) is 0 Å². The Labute approximate surface area is 123 Å². The molecule has 0 radical (unpaired) electrons. The molecule has 4 heteroatoms. The maximum atomic E-state index is 10.2. The molecule has 2 aromatic carbocycles. The van der Waals surface area contributed by atoms with E-state index in [-0.39, 0.29) is 6.04 Å². The summed E-state index contributed by atoms with van der Waals surface area (Å²) in [5.41, 5.74) is 9.06. The predicted octanol–water partition coefficient (Wildman–Crippen LogP) is 2.78. The number of aliphatic hydroxyl groups excluding tert-OH is 1. The van der Waals surface area contributed by atoms with Gasteiger partial charge in [-0.3, -0.25) is 0 Å². The van der Waals surface area contributed by atoms with E-state index in [4.69, 9.17) is 5.73 Å². The van der Waals surface area contributed by atoms with E-state index in [1.165, 1.54) is 5.56 Å². The Morgan fingerprint density at radius 1 is 1.10 bits per heavy atom. The first-order chi connectivity index (χ1) is 10.2. The van der Waals surface area contributed by atoms with Crippen molar-refractivity contribution in [3.05, 3.63) is 60.2 Å². The van der Waals surface area contributed by atoms with E-state index < -0.39 is 6.10 Å². The van der Waals surface area contributed by atoms with Crippen LogP contribution < -0.4 is 5.73 Å². The van der Waals surface area contributed by atoms with E-state index in [9.17, 15) is 5.11 Å². The number of hydrogen-bond donors (Lipinski definition) is 2. The summed E-state index contributed by atoms with van der Waals surface area (Å²) in [5, 5.41) is 10.2. The fourth-order valence-corrected chi connectivity index (χ4v) is 2.74. The standard InChI is InChI=1S/C17H19N3O/c1-12(21)16(11-13-7-3-2-4-8-13)20-15-10-6-5-9-14(15)19-17(20)18/h2-10,12,16,21H,11H2,1H3,(H2,18,19)/t12-,16+/m0/s1. The van der Waals surface area contributed by atoms with Gasteiger partial charge in [0, 0.05) is 0 Å². The van der Waals surface area contributed by atoms with E-state index in [0.717, 1.165) is 11.0 Å². The minimum Gasteiger partial charge on any atom is -0.391 e. The molecule has 0 amide bonds. The molecular weight excluding hydrogens is 262 g/mol. The summed E-state index contributed by atoms with van der Waals surface area (Å²) in [5.74, 6) is 0.443. The highest BCUT2D eigenvalue weighted by Gasteiger charge is 2.22. The Bertz CT molecular complexity index is 734. The number of aliphatic hydroxyl groups is 1. The van der Waals surface area contributed by atoms with Crippen molar-refractivity contribution in [2.75, 3.05) is 5.73 Å². The van der Waals surface area contributed by atoms with Crippen LogP contribution in [0.4, 0.5) is 5.95 Å². The van der Waals surface area contributed by atoms with Gasteiger partial charge < -0.3 is 15.4 Å². The van der Waals surface area contributed by atoms with Crippen molar-refractivity contribution >= 4 is 17.0 Å². The van der Waals surface area contributed by atoms with Crippen LogP contribution in [0.3, 0.4) is 0 Å². The lowest BCUT2D eigenvalue weighted by atomic mass is 10.0. The van der Waals surface area contributed by atoms with Gasteiger partial charge in [-0.25, -0.2) is 4.98 Å². The lowest BCUT2D eigenvalue weighted by Gasteiger charge is -2.23. The zero-order valence-electron chi connectivity index (χ0n) is 12.0. The van der Waals surface area contributed by atoms with Crippen molar-refractivity contribution in [3.63, 3.8) is 0 Å². The molecule has 0 aliphatic heterocycles. The van der Waals surface area contributed by atoms with E-state index in [1.807, 2.05) is 47.0 Å². The van der Waals surface area contributed by atoms with E-state index in [2.05, 4.69) is 17.1 Å². The molecule has 4 nitrogen and oxygen atoms in total. The quantitative estimate of drug-likeness (QED) is 0.773. The second-order valence-corrected chi connectivity index (χ2v) is 5.33. The monoisotopic (exact) mass is 281 g/mol. The molecule has 1 aromatic heterocycles. The van der Waals surface area contributed by atoms with Crippen LogP contribution in [-0.4, -0.2) is 20.8 Å². The number of para-hydroxylation sites is 2. The van der Waals surface area contributed by atoms with Crippen LogP contribution in [0.15, 0.2) is 54.6 Å². The van der Waals surface area contributed by atoms with Gasteiger partial charge in [-0.1, -0.05) is 42.5 Å². The largest absolute Gasteiger partial charge is 0.391 e. The SMILES string of the molecule is C[C@H](O)[C@@H](Cc1ccccc1)n1c(N)nc2ccccc21. The Morgan fingerprint density at radius 3 is 2.48 bits per heavy atom. The van der Waals surface area contributed by atoms with Gasteiger partial charge >= 0.3 is 0 Å². The van der Waals surface area contributed by atoms with Gasteiger partial charge in [0.05, 0.1) is 23.2 Å². The Hall–Kier alpha value is -2.33. The van der Waals surface area contributed by atoms with Crippen LogP contribution >= 0.6 is 0 Å². The van der Waals surface area contributed by atoms with Crippen LogP contribution in [0, 0.1) is 0 Å². The van der Waals surface area contributed by atoms with E-state index in [0.29, 0.717) is 12.4 Å². The first-order valence-corrected chi connectivity index (χ1v) is 7.11. The molecule has 3 rings (SSSR count). The summed E-state index contributed by atoms with van der Waals surface area (Å²) in [7, 11) is 0. The van der Waals surface area contributed by atoms with Gasteiger partial charge in [0.15, 0.2) is 0 Å². The van der Waals surface area contributed by atoms with Crippen molar-refractivity contribution < 1.29 is 5.11 Å². The third-order valence-corrected chi connectivity index (χ3v) is 3.80. The van der Waals surface area contributed by atoms with Crippen molar-refractivity contribution in [2.45, 2.75) is 25.5 Å². The minimum atomic E-state index is -0.523. The van der Waals surface area contributed by atoms with Crippen molar-refractivity contribution in [3.8, 4) is 0 Å². The average Bonchev–Trinajstić information content (AvgIpc) is 2.81. The Morgan fingerprint density at radius 2 is 1.76 bits per heavy atom. The molecule has 3 N–H and O–H groups in total. The lowest BCUT2D eigenvalue weighted by molar-refractivity contribution is 0.132. The third kappa shape index (κ3) is 2.62. The first-order valence-electron chi connectivity index (χ1n) is 7.11. The van der Waals surface area contributed by atoms with Crippen LogP contribution in [0.1, 0.15) is 18.5 Å². The number of benzene rings is 2. The number of hydrogen-bond acceptors (Lipinski definition) is 3. The highest BCUT2D eigenvalue weighted by atomic mass is 16.3. The van der Waals surface area contributed by atoms with Gasteiger partial charge in [0.25, 0.3) is 0 Å². The van der Waals surface area contributed by atoms with Gasteiger partial charge in [0.2, 0.25) is 5.95 Å². The molecule has 0 saturated carbocycles. The molecular formula is C17H19N3O. The predicted molar refractivity (Wildman–Crippen MR) is 85.0 cm³/mol. The number of imidazole rings is 1. The van der Waals surface area contributed by atoms with Crippen LogP contribution in [0.25, 0.3) is 11.0 Å². The fraction of sp³-hybridized carbons (Fsp3) is 0.235. The third-order valence-electron chi connectivity index (χ3n) is 3.80. The highest BCUT2D eigenvalue weighted by Crippen LogP contribution is 2.27. The average molecular weight is 281 g/mol. The number of rotatable bonds is 4. The second-order valence-electron chi connectivity index (χ2n) is 5.33. The fourth-order valence-electron chi connectivity index (χ4n) is 2.74. The topological polar surface area (TPSA) is 64.1 Å². The summed E-state index contributed by atoms with van der Waals surface area (Å²) < 4.78 is 1.94. The van der Waals surface area contributed by atoms with Gasteiger partial charge in [-0.05, 0) is 31.0 Å². The zero-order chi connectivity index (χ0) is 14.8.